The Kier molecular flexibility index (Phi) is 3.65. The minimum absolute atomic E-state index is 0.430. The highest BCUT2D eigenvalue weighted by Crippen LogP contribution is 2.34. The van der Waals surface area contributed by atoms with Gasteiger partial charge in [0.25, 0.3) is 0 Å². The van der Waals surface area contributed by atoms with Gasteiger partial charge in [-0.3, -0.25) is 0 Å². The average molecular weight is 213 g/mol. The Morgan fingerprint density at radius 3 is 2.60 bits per heavy atom. The van der Waals surface area contributed by atoms with Gasteiger partial charge in [-0.2, -0.15) is 0 Å². The second kappa shape index (κ2) is 4.81. The van der Waals surface area contributed by atoms with E-state index in [1.54, 1.807) is 7.11 Å². The first-order valence-corrected chi connectivity index (χ1v) is 6.18. The number of nitrogens with one attached hydrogen (secondary N) is 1. The first-order chi connectivity index (χ1) is 7.23. The average Bonchev–Trinajstić information content (AvgIpc) is 2.97. The van der Waals surface area contributed by atoms with Crippen LogP contribution in [0.3, 0.4) is 0 Å². The highest BCUT2D eigenvalue weighted by molar-refractivity contribution is 4.91. The van der Waals surface area contributed by atoms with Crippen molar-refractivity contribution in [3.8, 4) is 0 Å². The second-order valence-corrected chi connectivity index (χ2v) is 5.21. The minimum atomic E-state index is -0.430. The van der Waals surface area contributed by atoms with Crippen LogP contribution in [0.25, 0.3) is 0 Å². The van der Waals surface area contributed by atoms with E-state index in [0.29, 0.717) is 6.04 Å². The van der Waals surface area contributed by atoms with E-state index in [9.17, 15) is 5.11 Å². The van der Waals surface area contributed by atoms with E-state index in [4.69, 9.17) is 4.74 Å². The highest BCUT2D eigenvalue weighted by atomic mass is 16.5. The molecule has 1 atom stereocenters. The van der Waals surface area contributed by atoms with Gasteiger partial charge in [-0.1, -0.05) is 12.8 Å². The quantitative estimate of drug-likeness (QED) is 0.699. The largest absolute Gasteiger partial charge is 0.389 e. The van der Waals surface area contributed by atoms with Gasteiger partial charge in [0, 0.05) is 19.7 Å². The van der Waals surface area contributed by atoms with E-state index in [0.717, 1.165) is 31.9 Å². The number of ether oxygens (including phenoxy) is 1. The van der Waals surface area contributed by atoms with Gasteiger partial charge in [0.15, 0.2) is 0 Å². The van der Waals surface area contributed by atoms with E-state index in [1.165, 1.54) is 25.7 Å². The number of methoxy groups -OCH3 is 1. The molecule has 0 amide bonds. The van der Waals surface area contributed by atoms with Gasteiger partial charge in [-0.25, -0.2) is 0 Å². The Morgan fingerprint density at radius 2 is 2.07 bits per heavy atom. The summed E-state index contributed by atoms with van der Waals surface area (Å²) in [6.45, 7) is 1.53. The van der Waals surface area contributed by atoms with Crippen LogP contribution in [-0.4, -0.2) is 37.0 Å². The Hall–Kier alpha value is -0.120. The second-order valence-electron chi connectivity index (χ2n) is 5.21. The molecule has 0 saturated heterocycles. The van der Waals surface area contributed by atoms with Crippen molar-refractivity contribution in [2.24, 2.45) is 5.92 Å². The van der Waals surface area contributed by atoms with Crippen molar-refractivity contribution in [2.75, 3.05) is 20.3 Å². The van der Waals surface area contributed by atoms with Crippen LogP contribution in [0.2, 0.25) is 0 Å². The third kappa shape index (κ3) is 3.16. The number of hydrogen-bond acceptors (Lipinski definition) is 3. The molecule has 0 heterocycles. The van der Waals surface area contributed by atoms with Crippen LogP contribution in [0.15, 0.2) is 0 Å². The molecule has 2 fully saturated rings. The van der Waals surface area contributed by atoms with E-state index >= 15 is 0 Å². The SMILES string of the molecule is COCC(NCC1(O)CCCC1)C1CC1. The van der Waals surface area contributed by atoms with Crippen molar-refractivity contribution in [3.05, 3.63) is 0 Å². The highest BCUT2D eigenvalue weighted by Gasteiger charge is 2.35. The van der Waals surface area contributed by atoms with Crippen LogP contribution < -0.4 is 5.32 Å². The molecule has 0 spiro atoms. The molecule has 0 bridgehead atoms. The lowest BCUT2D eigenvalue weighted by atomic mass is 10.0. The van der Waals surface area contributed by atoms with Crippen LogP contribution in [-0.2, 0) is 4.74 Å². The molecule has 15 heavy (non-hydrogen) atoms. The van der Waals surface area contributed by atoms with Crippen molar-refractivity contribution in [3.63, 3.8) is 0 Å². The molecule has 3 heteroatoms. The van der Waals surface area contributed by atoms with Crippen LogP contribution >= 0.6 is 0 Å². The Bertz CT molecular complexity index is 198. The van der Waals surface area contributed by atoms with Crippen molar-refractivity contribution in [1.29, 1.82) is 0 Å². The smallest absolute Gasteiger partial charge is 0.0771 e. The summed E-state index contributed by atoms with van der Waals surface area (Å²) < 4.78 is 5.21. The van der Waals surface area contributed by atoms with Crippen LogP contribution in [0.5, 0.6) is 0 Å². The lowest BCUT2D eigenvalue weighted by molar-refractivity contribution is 0.0392. The van der Waals surface area contributed by atoms with Gasteiger partial charge in [0.05, 0.1) is 12.2 Å². The molecule has 0 aromatic carbocycles. The number of aliphatic hydroxyl groups is 1. The third-order valence-electron chi connectivity index (χ3n) is 3.76. The third-order valence-corrected chi connectivity index (χ3v) is 3.76. The molecular weight excluding hydrogens is 190 g/mol. The maximum absolute atomic E-state index is 10.2. The first kappa shape index (κ1) is 11.4. The summed E-state index contributed by atoms with van der Waals surface area (Å²) in [7, 11) is 1.75. The molecule has 1 unspecified atom stereocenters. The standard InChI is InChI=1S/C12H23NO2/c1-15-8-11(10-4-5-10)13-9-12(14)6-2-3-7-12/h10-11,13-14H,2-9H2,1H3. The van der Waals surface area contributed by atoms with Crippen LogP contribution in [0.4, 0.5) is 0 Å². The molecule has 88 valence electrons. The molecule has 2 aliphatic rings. The summed E-state index contributed by atoms with van der Waals surface area (Å²) in [5, 5.41) is 13.7. The lowest BCUT2D eigenvalue weighted by Gasteiger charge is -2.26. The summed E-state index contributed by atoms with van der Waals surface area (Å²) in [4.78, 5) is 0. The van der Waals surface area contributed by atoms with Crippen LogP contribution in [0, 0.1) is 5.92 Å². The van der Waals surface area contributed by atoms with Crippen molar-refractivity contribution in [2.45, 2.75) is 50.2 Å². The van der Waals surface area contributed by atoms with Gasteiger partial charge in [0.1, 0.15) is 0 Å². The monoisotopic (exact) mass is 213 g/mol. The van der Waals surface area contributed by atoms with Crippen LogP contribution in [0.1, 0.15) is 38.5 Å². The lowest BCUT2D eigenvalue weighted by Crippen LogP contribution is -2.45. The molecule has 0 aromatic rings. The maximum Gasteiger partial charge on any atom is 0.0771 e. The molecule has 2 rings (SSSR count). The summed E-state index contributed by atoms with van der Waals surface area (Å²) in [6.07, 6.45) is 6.92. The minimum Gasteiger partial charge on any atom is -0.389 e. The van der Waals surface area contributed by atoms with E-state index in [1.807, 2.05) is 0 Å². The molecule has 2 aliphatic carbocycles. The fourth-order valence-corrected chi connectivity index (χ4v) is 2.57. The van der Waals surface area contributed by atoms with Gasteiger partial charge in [-0.05, 0) is 31.6 Å². The summed E-state index contributed by atoms with van der Waals surface area (Å²) in [5.41, 5.74) is -0.430. The fourth-order valence-electron chi connectivity index (χ4n) is 2.57. The summed E-state index contributed by atoms with van der Waals surface area (Å²) in [6, 6.07) is 0.458. The van der Waals surface area contributed by atoms with Crippen molar-refractivity contribution >= 4 is 0 Å². The van der Waals surface area contributed by atoms with Gasteiger partial charge in [-0.15, -0.1) is 0 Å². The number of hydrogen-bond donors (Lipinski definition) is 2. The zero-order valence-electron chi connectivity index (χ0n) is 9.67. The van der Waals surface area contributed by atoms with E-state index in [-0.39, 0.29) is 0 Å². The molecule has 2 saturated carbocycles. The summed E-state index contributed by atoms with van der Waals surface area (Å²) in [5.74, 6) is 0.787. The van der Waals surface area contributed by atoms with Gasteiger partial charge < -0.3 is 15.2 Å². The molecule has 2 N–H and O–H groups in total. The van der Waals surface area contributed by atoms with Gasteiger partial charge in [0.2, 0.25) is 0 Å². The molecule has 0 radical (unpaired) electrons. The van der Waals surface area contributed by atoms with Crippen molar-refractivity contribution in [1.82, 2.24) is 5.32 Å². The van der Waals surface area contributed by atoms with E-state index in [2.05, 4.69) is 5.32 Å². The summed E-state index contributed by atoms with van der Waals surface area (Å²) >= 11 is 0. The topological polar surface area (TPSA) is 41.5 Å². The normalized spacial score (nSPS) is 26.8. The Labute approximate surface area is 92.2 Å². The van der Waals surface area contributed by atoms with Gasteiger partial charge >= 0.3 is 0 Å². The predicted octanol–water partition coefficient (Wildman–Crippen LogP) is 1.31. The molecule has 0 aromatic heterocycles. The van der Waals surface area contributed by atoms with Crippen molar-refractivity contribution < 1.29 is 9.84 Å². The molecule has 3 nitrogen and oxygen atoms in total. The zero-order chi connectivity index (χ0) is 10.7. The maximum atomic E-state index is 10.2. The Balaban J connectivity index is 1.74. The molecule has 0 aliphatic heterocycles. The van der Waals surface area contributed by atoms with E-state index < -0.39 is 5.60 Å². The fraction of sp³-hybridized carbons (Fsp3) is 1.00. The molecular formula is C12H23NO2. The Morgan fingerprint density at radius 1 is 1.40 bits per heavy atom. The predicted molar refractivity (Wildman–Crippen MR) is 59.8 cm³/mol. The first-order valence-electron chi connectivity index (χ1n) is 6.18. The number of rotatable bonds is 6. The zero-order valence-corrected chi connectivity index (χ0v) is 9.67.